The second-order valence-corrected chi connectivity index (χ2v) is 1.70. The lowest BCUT2D eigenvalue weighted by molar-refractivity contribution is 0.419. The largest absolute Gasteiger partial charge is 0.377 e. The number of nitrogens with zero attached hydrogens (tertiary/aromatic N) is 1. The van der Waals surface area contributed by atoms with Gasteiger partial charge in [-0.25, -0.2) is 0 Å². The second-order valence-electron chi connectivity index (χ2n) is 1.70. The van der Waals surface area contributed by atoms with Gasteiger partial charge in [0.1, 0.15) is 0 Å². The molecule has 9 heavy (non-hydrogen) atoms. The van der Waals surface area contributed by atoms with Gasteiger partial charge in [0.15, 0.2) is 0 Å². The van der Waals surface area contributed by atoms with E-state index in [1.165, 1.54) is 0 Å². The van der Waals surface area contributed by atoms with Crippen molar-refractivity contribution in [2.24, 2.45) is 0 Å². The minimum atomic E-state index is 1.02. The lowest BCUT2D eigenvalue weighted by Crippen LogP contribution is -2.14. The predicted octanol–water partition coefficient (Wildman–Crippen LogP) is 1.48. The van der Waals surface area contributed by atoms with Gasteiger partial charge in [0.2, 0.25) is 0 Å². The van der Waals surface area contributed by atoms with Crippen LogP contribution >= 0.6 is 0 Å². The molecule has 0 bridgehead atoms. The van der Waals surface area contributed by atoms with Gasteiger partial charge in [0, 0.05) is 25.4 Å². The zero-order valence-corrected chi connectivity index (χ0v) is 6.09. The number of hydrogen-bond acceptors (Lipinski definition) is 1. The third kappa shape index (κ3) is 3.66. The Balaban J connectivity index is 3.57. The van der Waals surface area contributed by atoms with Crippen molar-refractivity contribution in [3.05, 3.63) is 12.3 Å². The number of allylic oxidation sites excluding steroid dienone is 1. The SMILES string of the molecule is C#CC=CN(CC)CC. The third-order valence-corrected chi connectivity index (χ3v) is 1.19. The molecule has 0 N–H and O–H groups in total. The molecule has 0 atom stereocenters. The summed E-state index contributed by atoms with van der Waals surface area (Å²) in [4.78, 5) is 2.14. The predicted molar refractivity (Wildman–Crippen MR) is 40.9 cm³/mol. The van der Waals surface area contributed by atoms with Crippen LogP contribution in [0.15, 0.2) is 12.3 Å². The van der Waals surface area contributed by atoms with E-state index in [0.717, 1.165) is 13.1 Å². The summed E-state index contributed by atoms with van der Waals surface area (Å²) in [5.74, 6) is 2.44. The van der Waals surface area contributed by atoms with Gasteiger partial charge in [0.05, 0.1) is 0 Å². The summed E-state index contributed by atoms with van der Waals surface area (Å²) in [5, 5.41) is 0. The summed E-state index contributed by atoms with van der Waals surface area (Å²) in [6, 6.07) is 0. The Kier molecular flexibility index (Phi) is 4.72. The molecule has 0 aliphatic carbocycles. The average molecular weight is 123 g/mol. The van der Waals surface area contributed by atoms with E-state index in [0.29, 0.717) is 0 Å². The van der Waals surface area contributed by atoms with E-state index in [4.69, 9.17) is 6.42 Å². The Bertz CT molecular complexity index is 115. The van der Waals surface area contributed by atoms with Crippen LogP contribution in [0.3, 0.4) is 0 Å². The molecule has 0 amide bonds. The van der Waals surface area contributed by atoms with Crippen molar-refractivity contribution in [2.75, 3.05) is 13.1 Å². The average Bonchev–Trinajstić information content (AvgIpc) is 1.91. The molecular weight excluding hydrogens is 110 g/mol. The van der Waals surface area contributed by atoms with Crippen LogP contribution in [-0.4, -0.2) is 18.0 Å². The molecule has 0 unspecified atom stereocenters. The summed E-state index contributed by atoms with van der Waals surface area (Å²) in [5.41, 5.74) is 0. The molecule has 0 saturated carbocycles. The molecule has 0 saturated heterocycles. The fraction of sp³-hybridized carbons (Fsp3) is 0.500. The fourth-order valence-electron chi connectivity index (χ4n) is 0.583. The Hall–Kier alpha value is -0.900. The first-order valence-electron chi connectivity index (χ1n) is 3.22. The van der Waals surface area contributed by atoms with E-state index >= 15 is 0 Å². The molecule has 0 heterocycles. The van der Waals surface area contributed by atoms with Crippen LogP contribution in [0.4, 0.5) is 0 Å². The van der Waals surface area contributed by atoms with Crippen LogP contribution in [0.25, 0.3) is 0 Å². The van der Waals surface area contributed by atoms with Gasteiger partial charge in [-0.2, -0.15) is 0 Å². The molecule has 0 aromatic heterocycles. The van der Waals surface area contributed by atoms with Crippen molar-refractivity contribution in [3.63, 3.8) is 0 Å². The van der Waals surface area contributed by atoms with Crippen molar-refractivity contribution in [1.29, 1.82) is 0 Å². The summed E-state index contributed by atoms with van der Waals surface area (Å²) in [6.07, 6.45) is 8.67. The smallest absolute Gasteiger partial charge is 0.0144 e. The normalized spacial score (nSPS) is 9.44. The summed E-state index contributed by atoms with van der Waals surface area (Å²) in [6.45, 7) is 6.25. The van der Waals surface area contributed by atoms with Crippen molar-refractivity contribution >= 4 is 0 Å². The Labute approximate surface area is 57.4 Å². The number of rotatable bonds is 3. The van der Waals surface area contributed by atoms with Gasteiger partial charge in [-0.3, -0.25) is 0 Å². The van der Waals surface area contributed by atoms with Crippen molar-refractivity contribution in [1.82, 2.24) is 4.90 Å². The van der Waals surface area contributed by atoms with Crippen LogP contribution in [0, 0.1) is 12.3 Å². The molecule has 0 aliphatic heterocycles. The van der Waals surface area contributed by atoms with Crippen LogP contribution in [0.2, 0.25) is 0 Å². The highest BCUT2D eigenvalue weighted by atomic mass is 15.1. The van der Waals surface area contributed by atoms with Gasteiger partial charge >= 0.3 is 0 Å². The molecule has 0 aromatic rings. The highest BCUT2D eigenvalue weighted by Gasteiger charge is 1.85. The van der Waals surface area contributed by atoms with E-state index in [1.807, 2.05) is 6.20 Å². The first-order chi connectivity index (χ1) is 4.35. The molecule has 1 heteroatoms. The monoisotopic (exact) mass is 123 g/mol. The zero-order chi connectivity index (χ0) is 7.11. The van der Waals surface area contributed by atoms with Crippen molar-refractivity contribution in [3.8, 4) is 12.3 Å². The van der Waals surface area contributed by atoms with Gasteiger partial charge in [-0.1, -0.05) is 5.92 Å². The van der Waals surface area contributed by atoms with Gasteiger partial charge < -0.3 is 4.90 Å². The standard InChI is InChI=1S/C8H13N/c1-4-7-8-9(5-2)6-3/h1,7-8H,5-6H2,2-3H3. The van der Waals surface area contributed by atoms with E-state index in [2.05, 4.69) is 24.7 Å². The highest BCUT2D eigenvalue weighted by molar-refractivity contribution is 5.08. The van der Waals surface area contributed by atoms with E-state index < -0.39 is 0 Å². The van der Waals surface area contributed by atoms with Gasteiger partial charge in [0.25, 0.3) is 0 Å². The second kappa shape index (κ2) is 5.24. The quantitative estimate of drug-likeness (QED) is 0.514. The van der Waals surface area contributed by atoms with Crippen molar-refractivity contribution in [2.45, 2.75) is 13.8 Å². The highest BCUT2D eigenvalue weighted by Crippen LogP contribution is 1.85. The first-order valence-corrected chi connectivity index (χ1v) is 3.22. The van der Waals surface area contributed by atoms with E-state index in [-0.39, 0.29) is 0 Å². The third-order valence-electron chi connectivity index (χ3n) is 1.19. The molecule has 0 radical (unpaired) electrons. The maximum Gasteiger partial charge on any atom is 0.0144 e. The van der Waals surface area contributed by atoms with Gasteiger partial charge in [-0.05, 0) is 13.8 Å². The summed E-state index contributed by atoms with van der Waals surface area (Å²) < 4.78 is 0. The summed E-state index contributed by atoms with van der Waals surface area (Å²) in [7, 11) is 0. The summed E-state index contributed by atoms with van der Waals surface area (Å²) >= 11 is 0. The molecule has 50 valence electrons. The topological polar surface area (TPSA) is 3.24 Å². The minimum absolute atomic E-state index is 1.02. The van der Waals surface area contributed by atoms with Crippen LogP contribution in [-0.2, 0) is 0 Å². The van der Waals surface area contributed by atoms with Crippen LogP contribution in [0.5, 0.6) is 0 Å². The maximum absolute atomic E-state index is 5.02. The molecule has 0 rings (SSSR count). The number of hydrogen-bond donors (Lipinski definition) is 0. The Morgan fingerprint density at radius 1 is 1.44 bits per heavy atom. The molecule has 1 nitrogen and oxygen atoms in total. The fourth-order valence-corrected chi connectivity index (χ4v) is 0.583. The first kappa shape index (κ1) is 8.10. The lowest BCUT2D eigenvalue weighted by atomic mass is 10.5. The molecule has 0 aromatic carbocycles. The minimum Gasteiger partial charge on any atom is -0.377 e. The molecule has 0 aliphatic rings. The Morgan fingerprint density at radius 3 is 2.33 bits per heavy atom. The Morgan fingerprint density at radius 2 is 2.00 bits per heavy atom. The lowest BCUT2D eigenvalue weighted by Gasteiger charge is -2.13. The van der Waals surface area contributed by atoms with Crippen molar-refractivity contribution < 1.29 is 0 Å². The number of terminal acetylenes is 1. The van der Waals surface area contributed by atoms with Crippen LogP contribution in [0.1, 0.15) is 13.8 Å². The molecule has 0 spiro atoms. The zero-order valence-electron chi connectivity index (χ0n) is 6.09. The maximum atomic E-state index is 5.02. The van der Waals surface area contributed by atoms with E-state index in [9.17, 15) is 0 Å². The molecular formula is C8H13N. The van der Waals surface area contributed by atoms with Gasteiger partial charge in [-0.15, -0.1) is 6.42 Å². The van der Waals surface area contributed by atoms with Crippen LogP contribution < -0.4 is 0 Å². The molecule has 0 fully saturated rings. The van der Waals surface area contributed by atoms with E-state index in [1.54, 1.807) is 6.08 Å².